The van der Waals surface area contributed by atoms with E-state index in [0.717, 1.165) is 6.42 Å². The maximum absolute atomic E-state index is 11.0. The summed E-state index contributed by atoms with van der Waals surface area (Å²) < 4.78 is 5.58. The fourth-order valence-corrected chi connectivity index (χ4v) is 2.87. The van der Waals surface area contributed by atoms with Gasteiger partial charge in [-0.25, -0.2) is 0 Å². The summed E-state index contributed by atoms with van der Waals surface area (Å²) in [6.07, 6.45) is 2.25. The quantitative estimate of drug-likeness (QED) is 0.684. The third-order valence-corrected chi connectivity index (χ3v) is 4.37. The number of non-ortho nitro benzene ring substituents is 1. The van der Waals surface area contributed by atoms with Gasteiger partial charge in [0.25, 0.3) is 11.7 Å². The van der Waals surface area contributed by atoms with Gasteiger partial charge < -0.3 is 9.73 Å². The first-order valence-corrected chi connectivity index (χ1v) is 6.86. The number of hydrogen-bond donors (Lipinski definition) is 1. The monoisotopic (exact) mass is 275 g/mol. The van der Waals surface area contributed by atoms with Crippen LogP contribution in [0.4, 0.5) is 11.7 Å². The van der Waals surface area contributed by atoms with Crippen LogP contribution in [-0.4, -0.2) is 15.9 Å². The summed E-state index contributed by atoms with van der Waals surface area (Å²) in [4.78, 5) is 14.8. The summed E-state index contributed by atoms with van der Waals surface area (Å²) in [6, 6.07) is 5.43. The van der Waals surface area contributed by atoms with Crippen molar-refractivity contribution in [3.05, 3.63) is 28.3 Å². The lowest BCUT2D eigenvalue weighted by atomic mass is 9.98. The maximum atomic E-state index is 11.0. The van der Waals surface area contributed by atoms with Gasteiger partial charge in [-0.15, -0.1) is 0 Å². The number of nitro groups is 1. The van der Waals surface area contributed by atoms with Gasteiger partial charge in [-0.2, -0.15) is 4.98 Å². The zero-order valence-electron chi connectivity index (χ0n) is 11.5. The van der Waals surface area contributed by atoms with Gasteiger partial charge >= 0.3 is 0 Å². The molecule has 0 amide bonds. The molecule has 6 nitrogen and oxygen atoms in total. The summed E-state index contributed by atoms with van der Waals surface area (Å²) in [6.45, 7) is 4.45. The maximum Gasteiger partial charge on any atom is 0.298 e. The molecule has 0 radical (unpaired) electrons. The zero-order chi connectivity index (χ0) is 14.3. The Morgan fingerprint density at radius 2 is 2.20 bits per heavy atom. The Balaban J connectivity index is 1.90. The summed E-state index contributed by atoms with van der Waals surface area (Å²) >= 11 is 0. The van der Waals surface area contributed by atoms with Crippen molar-refractivity contribution in [2.24, 2.45) is 11.8 Å². The summed E-state index contributed by atoms with van der Waals surface area (Å²) in [5.41, 5.74) is 0.728. The number of hydrogen-bond acceptors (Lipinski definition) is 5. The predicted molar refractivity (Wildman–Crippen MR) is 75.6 cm³/mol. The van der Waals surface area contributed by atoms with Gasteiger partial charge in [-0.1, -0.05) is 19.9 Å². The molecule has 1 fully saturated rings. The molecule has 2 aromatic rings. The number of nitrogens with one attached hydrogen (secondary N) is 1. The van der Waals surface area contributed by atoms with E-state index in [1.54, 1.807) is 12.1 Å². The van der Waals surface area contributed by atoms with Crippen molar-refractivity contribution in [1.29, 1.82) is 0 Å². The van der Waals surface area contributed by atoms with Gasteiger partial charge in [0.2, 0.25) is 0 Å². The lowest BCUT2D eigenvalue weighted by molar-refractivity contribution is -0.383. The van der Waals surface area contributed by atoms with Crippen LogP contribution in [0.5, 0.6) is 0 Å². The van der Waals surface area contributed by atoms with Crippen LogP contribution in [0.2, 0.25) is 0 Å². The molecule has 1 aliphatic rings. The molecule has 0 saturated heterocycles. The third kappa shape index (κ3) is 2.11. The van der Waals surface area contributed by atoms with Crippen molar-refractivity contribution in [3.63, 3.8) is 0 Å². The van der Waals surface area contributed by atoms with Crippen molar-refractivity contribution in [2.45, 2.75) is 32.7 Å². The first kappa shape index (κ1) is 12.9. The Morgan fingerprint density at radius 3 is 2.85 bits per heavy atom. The SMILES string of the molecule is CC1CCC(Nc2nc3c([N+](=O)[O-])cccc3o2)C1C. The molecule has 3 unspecified atom stereocenters. The van der Waals surface area contributed by atoms with Crippen LogP contribution in [0.1, 0.15) is 26.7 Å². The zero-order valence-corrected chi connectivity index (χ0v) is 11.5. The van der Waals surface area contributed by atoms with Crippen molar-refractivity contribution in [2.75, 3.05) is 5.32 Å². The minimum absolute atomic E-state index is 0.0212. The van der Waals surface area contributed by atoms with Crippen molar-refractivity contribution >= 4 is 22.8 Å². The first-order valence-electron chi connectivity index (χ1n) is 6.86. The van der Waals surface area contributed by atoms with Gasteiger partial charge in [0, 0.05) is 12.1 Å². The molecule has 1 aromatic carbocycles. The molecule has 1 saturated carbocycles. The highest BCUT2D eigenvalue weighted by Gasteiger charge is 2.31. The number of oxazole rings is 1. The van der Waals surface area contributed by atoms with E-state index >= 15 is 0 Å². The first-order chi connectivity index (χ1) is 9.56. The van der Waals surface area contributed by atoms with E-state index in [9.17, 15) is 10.1 Å². The topological polar surface area (TPSA) is 81.2 Å². The molecule has 106 valence electrons. The number of rotatable bonds is 3. The van der Waals surface area contributed by atoms with Gasteiger partial charge in [0.15, 0.2) is 11.1 Å². The molecule has 1 aromatic heterocycles. The number of nitrogens with zero attached hydrogens (tertiary/aromatic N) is 2. The van der Waals surface area contributed by atoms with Gasteiger partial charge in [0.05, 0.1) is 4.92 Å². The van der Waals surface area contributed by atoms with Crippen LogP contribution < -0.4 is 5.32 Å². The van der Waals surface area contributed by atoms with E-state index in [2.05, 4.69) is 24.1 Å². The highest BCUT2D eigenvalue weighted by molar-refractivity contribution is 5.84. The van der Waals surface area contributed by atoms with Crippen LogP contribution in [0, 0.1) is 22.0 Å². The van der Waals surface area contributed by atoms with Gasteiger partial charge in [0.1, 0.15) is 0 Å². The second-order valence-corrected chi connectivity index (χ2v) is 5.56. The fraction of sp³-hybridized carbons (Fsp3) is 0.500. The highest BCUT2D eigenvalue weighted by Crippen LogP contribution is 2.34. The van der Waals surface area contributed by atoms with E-state index < -0.39 is 4.92 Å². The summed E-state index contributed by atoms with van der Waals surface area (Å²) in [7, 11) is 0. The molecule has 1 N–H and O–H groups in total. The number of fused-ring (bicyclic) bond motifs is 1. The summed E-state index contributed by atoms with van der Waals surface area (Å²) in [5.74, 6) is 1.21. The lowest BCUT2D eigenvalue weighted by Crippen LogP contribution is -2.24. The Kier molecular flexibility index (Phi) is 3.08. The normalized spacial score (nSPS) is 26.0. The Morgan fingerprint density at radius 1 is 1.40 bits per heavy atom. The van der Waals surface area contributed by atoms with E-state index in [0.29, 0.717) is 35.0 Å². The standard InChI is InChI=1S/C14H17N3O3/c1-8-6-7-10(9(8)2)15-14-16-13-11(17(18)19)4-3-5-12(13)20-14/h3-5,8-10H,6-7H2,1-2H3,(H,15,16). The van der Waals surface area contributed by atoms with Crippen molar-refractivity contribution in [3.8, 4) is 0 Å². The molecule has 1 heterocycles. The average molecular weight is 275 g/mol. The van der Waals surface area contributed by atoms with Crippen LogP contribution >= 0.6 is 0 Å². The van der Waals surface area contributed by atoms with E-state index in [1.165, 1.54) is 12.5 Å². The van der Waals surface area contributed by atoms with E-state index in [1.807, 2.05) is 0 Å². The molecule has 0 aliphatic heterocycles. The third-order valence-electron chi connectivity index (χ3n) is 4.37. The number of para-hydroxylation sites is 1. The Hall–Kier alpha value is -2.11. The van der Waals surface area contributed by atoms with E-state index in [4.69, 9.17) is 4.42 Å². The van der Waals surface area contributed by atoms with Crippen molar-refractivity contribution < 1.29 is 9.34 Å². The molecule has 3 rings (SSSR count). The largest absolute Gasteiger partial charge is 0.423 e. The number of nitro benzene ring substituents is 1. The summed E-state index contributed by atoms with van der Waals surface area (Å²) in [5, 5.41) is 14.2. The molecule has 6 heteroatoms. The molecule has 0 spiro atoms. The molecule has 1 aliphatic carbocycles. The van der Waals surface area contributed by atoms with E-state index in [-0.39, 0.29) is 5.69 Å². The van der Waals surface area contributed by atoms with Crippen LogP contribution in [0.3, 0.4) is 0 Å². The second-order valence-electron chi connectivity index (χ2n) is 5.56. The van der Waals surface area contributed by atoms with Crippen LogP contribution in [0.15, 0.2) is 22.6 Å². The number of aromatic nitrogens is 1. The van der Waals surface area contributed by atoms with Gasteiger partial charge in [-0.05, 0) is 30.7 Å². The second kappa shape index (κ2) is 4.77. The lowest BCUT2D eigenvalue weighted by Gasteiger charge is -2.18. The molecular weight excluding hydrogens is 258 g/mol. The number of anilines is 1. The minimum atomic E-state index is -0.436. The van der Waals surface area contributed by atoms with Crippen LogP contribution in [-0.2, 0) is 0 Å². The predicted octanol–water partition coefficient (Wildman–Crippen LogP) is 3.58. The molecule has 3 atom stereocenters. The van der Waals surface area contributed by atoms with Crippen molar-refractivity contribution in [1.82, 2.24) is 4.98 Å². The fourth-order valence-electron chi connectivity index (χ4n) is 2.87. The molecule has 20 heavy (non-hydrogen) atoms. The van der Waals surface area contributed by atoms with Gasteiger partial charge in [-0.3, -0.25) is 10.1 Å². The average Bonchev–Trinajstić information content (AvgIpc) is 2.96. The highest BCUT2D eigenvalue weighted by atomic mass is 16.6. The molecule has 0 bridgehead atoms. The molecular formula is C14H17N3O3. The number of benzene rings is 1. The Bertz CT molecular complexity index is 652. The minimum Gasteiger partial charge on any atom is -0.423 e. The smallest absolute Gasteiger partial charge is 0.298 e. The Labute approximate surface area is 116 Å². The van der Waals surface area contributed by atoms with Crippen LogP contribution in [0.25, 0.3) is 11.1 Å².